The van der Waals surface area contributed by atoms with E-state index in [0.29, 0.717) is 41.4 Å². The summed E-state index contributed by atoms with van der Waals surface area (Å²) in [6.45, 7) is 17.2. The Morgan fingerprint density at radius 1 is 0.746 bits per heavy atom. The molecule has 0 radical (unpaired) electrons. The van der Waals surface area contributed by atoms with E-state index in [2.05, 4.69) is 48.8 Å². The summed E-state index contributed by atoms with van der Waals surface area (Å²) in [6, 6.07) is 19.1. The van der Waals surface area contributed by atoms with Crippen LogP contribution in [0.1, 0.15) is 82.9 Å². The first-order chi connectivity index (χ1) is 28.5. The maximum atomic E-state index is 13.6. The van der Waals surface area contributed by atoms with Crippen molar-refractivity contribution in [3.8, 4) is 0 Å². The number of halogens is 1. The largest absolute Gasteiger partial charge is 0.371 e. The number of piperidine rings is 3. The van der Waals surface area contributed by atoms with Crippen LogP contribution in [0.5, 0.6) is 0 Å². The molecule has 9 rings (SSSR count). The molecule has 0 saturated carbocycles. The lowest BCUT2D eigenvalue weighted by molar-refractivity contribution is -0.136. The Morgan fingerprint density at radius 2 is 1.39 bits per heavy atom. The summed E-state index contributed by atoms with van der Waals surface area (Å²) >= 11 is 6.39. The first-order valence-electron chi connectivity index (χ1n) is 21.0. The van der Waals surface area contributed by atoms with E-state index in [1.807, 2.05) is 41.3 Å². The minimum absolute atomic E-state index is 0.0776. The number of rotatable bonds is 6. The van der Waals surface area contributed by atoms with Crippen LogP contribution in [0.15, 0.2) is 60.7 Å². The highest BCUT2D eigenvalue weighted by atomic mass is 35.5. The van der Waals surface area contributed by atoms with Gasteiger partial charge in [-0.1, -0.05) is 17.7 Å². The quantitative estimate of drug-likeness (QED) is 0.250. The zero-order valence-corrected chi connectivity index (χ0v) is 34.1. The van der Waals surface area contributed by atoms with Crippen molar-refractivity contribution in [2.24, 2.45) is 5.41 Å². The van der Waals surface area contributed by atoms with Gasteiger partial charge in [0.05, 0.1) is 17.7 Å². The highest BCUT2D eigenvalue weighted by Gasteiger charge is 2.47. The summed E-state index contributed by atoms with van der Waals surface area (Å²) in [4.78, 5) is 80.4. The van der Waals surface area contributed by atoms with Crippen molar-refractivity contribution in [1.82, 2.24) is 20.0 Å². The number of hydrogen-bond donors (Lipinski definition) is 1. The summed E-state index contributed by atoms with van der Waals surface area (Å²) in [5.74, 6) is -1.91. The second-order valence-electron chi connectivity index (χ2n) is 17.0. The van der Waals surface area contributed by atoms with Crippen LogP contribution in [0, 0.1) is 12.0 Å². The van der Waals surface area contributed by atoms with Crippen molar-refractivity contribution in [1.29, 1.82) is 0 Å². The molecule has 14 heteroatoms. The van der Waals surface area contributed by atoms with Crippen LogP contribution in [0.4, 0.5) is 22.7 Å². The molecule has 3 aromatic carbocycles. The maximum absolute atomic E-state index is 13.6. The van der Waals surface area contributed by atoms with E-state index >= 15 is 0 Å². The van der Waals surface area contributed by atoms with Gasteiger partial charge in [-0.15, -0.1) is 0 Å². The predicted octanol–water partition coefficient (Wildman–Crippen LogP) is 5.60. The molecule has 6 heterocycles. The van der Waals surface area contributed by atoms with Crippen LogP contribution in [0.2, 0.25) is 5.02 Å². The fourth-order valence-corrected chi connectivity index (χ4v) is 10.7. The topological polar surface area (TPSA) is 121 Å². The zero-order chi connectivity index (χ0) is 41.0. The summed E-state index contributed by atoms with van der Waals surface area (Å²) in [5, 5.41) is 2.76. The molecule has 0 aliphatic carbocycles. The van der Waals surface area contributed by atoms with Gasteiger partial charge in [-0.25, -0.2) is 4.85 Å². The van der Waals surface area contributed by atoms with E-state index in [1.54, 1.807) is 12.1 Å². The van der Waals surface area contributed by atoms with Crippen molar-refractivity contribution in [3.05, 3.63) is 93.8 Å². The van der Waals surface area contributed by atoms with Gasteiger partial charge in [-0.3, -0.25) is 39.1 Å². The van der Waals surface area contributed by atoms with Gasteiger partial charge in [-0.2, -0.15) is 0 Å². The fourth-order valence-electron chi connectivity index (χ4n) is 10.5. The number of anilines is 3. The fraction of sp³-hybridized carbons (Fsp3) is 0.467. The minimum atomic E-state index is -0.978. The maximum Gasteiger partial charge on any atom is 0.262 e. The Bertz CT molecular complexity index is 2230. The summed E-state index contributed by atoms with van der Waals surface area (Å²) in [5.41, 5.74) is 5.18. The lowest BCUT2D eigenvalue weighted by atomic mass is 9.73. The normalized spacial score (nSPS) is 23.8. The third kappa shape index (κ3) is 7.10. The minimum Gasteiger partial charge on any atom is -0.371 e. The molecule has 1 spiro atoms. The van der Waals surface area contributed by atoms with Crippen LogP contribution >= 0.6 is 11.6 Å². The number of amides is 5. The Morgan fingerprint density at radius 3 is 2.07 bits per heavy atom. The van der Waals surface area contributed by atoms with Crippen molar-refractivity contribution < 1.29 is 24.0 Å². The van der Waals surface area contributed by atoms with Crippen LogP contribution in [0.3, 0.4) is 0 Å². The highest BCUT2D eigenvalue weighted by Crippen LogP contribution is 2.48. The molecule has 2 atom stereocenters. The first kappa shape index (κ1) is 39.0. The molecule has 5 fully saturated rings. The van der Waals surface area contributed by atoms with Gasteiger partial charge in [0.1, 0.15) is 6.04 Å². The van der Waals surface area contributed by atoms with E-state index < -0.39 is 29.7 Å². The third-order valence-electron chi connectivity index (χ3n) is 14.2. The van der Waals surface area contributed by atoms with Gasteiger partial charge in [0.25, 0.3) is 17.7 Å². The Balaban J connectivity index is 0.737. The van der Waals surface area contributed by atoms with E-state index in [-0.39, 0.29) is 29.7 Å². The molecule has 6 aliphatic heterocycles. The number of carbonyl (C=O) groups excluding carboxylic acids is 5. The molecule has 1 N–H and O–H groups in total. The number of piperazine rings is 1. The second-order valence-corrected chi connectivity index (χ2v) is 17.4. The number of carbonyl (C=O) groups is 5. The number of hydrogen-bond acceptors (Lipinski definition) is 9. The van der Waals surface area contributed by atoms with Gasteiger partial charge in [-0.05, 0) is 105 Å². The lowest BCUT2D eigenvalue weighted by Crippen LogP contribution is -2.54. The predicted molar refractivity (Wildman–Crippen MR) is 225 cm³/mol. The molecule has 0 aromatic heterocycles. The average Bonchev–Trinajstić information content (AvgIpc) is 3.71. The van der Waals surface area contributed by atoms with Gasteiger partial charge >= 0.3 is 0 Å². The van der Waals surface area contributed by atoms with E-state index in [0.717, 1.165) is 105 Å². The smallest absolute Gasteiger partial charge is 0.262 e. The number of imide groups is 2. The van der Waals surface area contributed by atoms with Crippen LogP contribution < -0.4 is 20.0 Å². The van der Waals surface area contributed by atoms with E-state index in [4.69, 9.17) is 18.2 Å². The van der Waals surface area contributed by atoms with Gasteiger partial charge in [0.2, 0.25) is 17.5 Å². The molecule has 1 unspecified atom stereocenters. The van der Waals surface area contributed by atoms with Crippen molar-refractivity contribution in [2.75, 3.05) is 73.6 Å². The second kappa shape index (κ2) is 15.6. The van der Waals surface area contributed by atoms with Crippen LogP contribution in [0.25, 0.3) is 4.85 Å². The molecule has 3 aromatic rings. The van der Waals surface area contributed by atoms with Crippen molar-refractivity contribution in [3.63, 3.8) is 0 Å². The average molecular weight is 817 g/mol. The molecule has 5 amide bonds. The van der Waals surface area contributed by atoms with Gasteiger partial charge in [0, 0.05) is 105 Å². The highest BCUT2D eigenvalue weighted by molar-refractivity contribution is 6.33. The van der Waals surface area contributed by atoms with E-state index in [1.165, 1.54) is 0 Å². The standard InChI is InChI=1S/C45H49ClN8O5/c1-29-45(17-22-53(29)34-8-10-38(47-2)37(46)28-34)15-20-50(21-16-45)31-5-3-30(4-6-31)42(57)52-25-23-51(24-26-52)32-13-18-49(19-14-32)33-7-9-35-36(27-33)44(59)54(43(35)58)39-11-12-40(55)48-41(39)56/h3-10,27-29,32,39H,11-26H2,1H3,(H,48,55,56)/t29-,39?/m0/s1. The Hall–Kier alpha value is -5.45. The molecule has 59 heavy (non-hydrogen) atoms. The molecular formula is C45H49ClN8O5. The van der Waals surface area contributed by atoms with Crippen LogP contribution in [-0.2, 0) is 9.59 Å². The van der Waals surface area contributed by atoms with Gasteiger partial charge < -0.3 is 19.6 Å². The molecule has 5 saturated heterocycles. The number of nitrogens with zero attached hydrogens (tertiary/aromatic N) is 7. The van der Waals surface area contributed by atoms with Gasteiger partial charge in [0.15, 0.2) is 0 Å². The zero-order valence-electron chi connectivity index (χ0n) is 33.4. The number of fused-ring (bicyclic) bond motifs is 1. The van der Waals surface area contributed by atoms with Crippen molar-refractivity contribution in [2.45, 2.75) is 70.0 Å². The molecular weight excluding hydrogens is 768 g/mol. The Kier molecular flexibility index (Phi) is 10.3. The third-order valence-corrected chi connectivity index (χ3v) is 14.5. The molecule has 13 nitrogen and oxygen atoms in total. The number of benzene rings is 3. The summed E-state index contributed by atoms with van der Waals surface area (Å²) in [6.07, 6.45) is 5.47. The molecule has 0 bridgehead atoms. The molecule has 306 valence electrons. The first-order valence-corrected chi connectivity index (χ1v) is 21.3. The van der Waals surface area contributed by atoms with E-state index in [9.17, 15) is 24.0 Å². The van der Waals surface area contributed by atoms with Crippen LogP contribution in [-0.4, -0.2) is 121 Å². The number of nitrogens with one attached hydrogen (secondary N) is 1. The SMILES string of the molecule is [C-]#[N+]c1ccc(N2CCC3(CCN(c4ccc(C(=O)N5CCN(C6CCN(c7ccc8c(c7)C(=O)N(C7CCC(=O)NC7=O)C8=O)CC6)CC5)cc4)CC3)[C@@H]2C)cc1Cl. The monoisotopic (exact) mass is 816 g/mol. The molecule has 6 aliphatic rings. The summed E-state index contributed by atoms with van der Waals surface area (Å²) < 4.78 is 0. The van der Waals surface area contributed by atoms with Crippen molar-refractivity contribution >= 4 is 63.9 Å². The Labute approximate surface area is 349 Å². The summed E-state index contributed by atoms with van der Waals surface area (Å²) in [7, 11) is 0. The lowest BCUT2D eigenvalue weighted by Gasteiger charge is -2.44.